The summed E-state index contributed by atoms with van der Waals surface area (Å²) in [7, 11) is -0.705. The molecular formula is C28H27N5O5S2. The number of anilines is 2. The fourth-order valence-electron chi connectivity index (χ4n) is 4.87. The maximum Gasteiger partial charge on any atom is 0.339 e. The van der Waals surface area contributed by atoms with E-state index < -0.39 is 22.0 Å². The number of aromatic nitrogens is 2. The number of thiocarbonyl (C=S) groups is 1. The van der Waals surface area contributed by atoms with Crippen molar-refractivity contribution in [2.45, 2.75) is 12.1 Å². The van der Waals surface area contributed by atoms with Crippen LogP contribution in [0.4, 0.5) is 11.4 Å². The van der Waals surface area contributed by atoms with Crippen molar-refractivity contribution < 1.29 is 22.7 Å². The van der Waals surface area contributed by atoms with Crippen LogP contribution in [-0.4, -0.2) is 49.5 Å². The molecule has 1 aliphatic heterocycles. The molecule has 0 radical (unpaired) electrons. The molecule has 10 nitrogen and oxygen atoms in total. The average Bonchev–Trinajstić information content (AvgIpc) is 3.56. The molecule has 0 bridgehead atoms. The second-order valence-electron chi connectivity index (χ2n) is 9.07. The first-order valence-corrected chi connectivity index (χ1v) is 14.5. The van der Waals surface area contributed by atoms with Gasteiger partial charge in [-0.2, -0.15) is 0 Å². The third-order valence-corrected chi connectivity index (χ3v) is 7.41. The van der Waals surface area contributed by atoms with Gasteiger partial charge < -0.3 is 24.3 Å². The van der Waals surface area contributed by atoms with Crippen LogP contribution in [0.2, 0.25) is 0 Å². The minimum Gasteiger partial charge on any atom is -0.494 e. The fourth-order valence-corrected chi connectivity index (χ4v) is 5.78. The Bertz CT molecular complexity index is 1670. The number of carbonyl (C=O) groups is 1. The number of hydrogen-bond donors (Lipinski definition) is 2. The van der Waals surface area contributed by atoms with E-state index in [-0.39, 0.29) is 6.04 Å². The molecule has 0 aliphatic carbocycles. The van der Waals surface area contributed by atoms with Gasteiger partial charge in [-0.3, -0.25) is 9.71 Å². The first-order valence-electron chi connectivity index (χ1n) is 12.2. The lowest BCUT2D eigenvalue weighted by atomic mass is 10.00. The van der Waals surface area contributed by atoms with Crippen LogP contribution in [0.3, 0.4) is 0 Å². The molecule has 2 atom stereocenters. The number of para-hydroxylation sites is 1. The number of sulfonamides is 1. The Balaban J connectivity index is 1.67. The van der Waals surface area contributed by atoms with E-state index in [0.717, 1.165) is 17.6 Å². The Hall–Kier alpha value is -4.42. The lowest BCUT2D eigenvalue weighted by Gasteiger charge is -2.29. The summed E-state index contributed by atoms with van der Waals surface area (Å²) >= 11 is 5.85. The molecule has 4 aromatic rings. The van der Waals surface area contributed by atoms with Crippen molar-refractivity contribution in [2.24, 2.45) is 0 Å². The largest absolute Gasteiger partial charge is 0.494 e. The molecule has 0 amide bonds. The van der Waals surface area contributed by atoms with Crippen LogP contribution in [0.25, 0.3) is 5.69 Å². The summed E-state index contributed by atoms with van der Waals surface area (Å²) in [5, 5.41) is 3.86. The lowest BCUT2D eigenvalue weighted by molar-refractivity contribution is 0.0600. The van der Waals surface area contributed by atoms with E-state index in [9.17, 15) is 13.2 Å². The molecule has 5 rings (SSSR count). The molecule has 3 heterocycles. The van der Waals surface area contributed by atoms with Gasteiger partial charge in [-0.05, 0) is 60.7 Å². The highest BCUT2D eigenvalue weighted by Crippen LogP contribution is 2.44. The summed E-state index contributed by atoms with van der Waals surface area (Å²) in [5.41, 5.74) is 3.64. The normalized spacial score (nSPS) is 16.9. The van der Waals surface area contributed by atoms with Crippen LogP contribution in [0, 0.1) is 0 Å². The van der Waals surface area contributed by atoms with Crippen molar-refractivity contribution in [2.75, 3.05) is 30.1 Å². The van der Waals surface area contributed by atoms with Crippen molar-refractivity contribution >= 4 is 44.7 Å². The molecule has 1 aliphatic rings. The van der Waals surface area contributed by atoms with Gasteiger partial charge in [0, 0.05) is 29.8 Å². The van der Waals surface area contributed by atoms with Gasteiger partial charge in [0.2, 0.25) is 10.0 Å². The number of nitrogens with one attached hydrogen (secondary N) is 2. The van der Waals surface area contributed by atoms with Gasteiger partial charge in [0.15, 0.2) is 5.11 Å². The third-order valence-electron chi connectivity index (χ3n) is 6.51. The Morgan fingerprint density at radius 1 is 1.05 bits per heavy atom. The number of pyridine rings is 1. The van der Waals surface area contributed by atoms with Crippen LogP contribution >= 0.6 is 12.2 Å². The first-order chi connectivity index (χ1) is 19.2. The summed E-state index contributed by atoms with van der Waals surface area (Å²) in [5.74, 6) is -0.121. The second-order valence-corrected chi connectivity index (χ2v) is 11.2. The van der Waals surface area contributed by atoms with Crippen molar-refractivity contribution in [1.29, 1.82) is 0 Å². The van der Waals surface area contributed by atoms with Crippen molar-refractivity contribution in [1.82, 2.24) is 14.9 Å². The average molecular weight is 578 g/mol. The maximum absolute atomic E-state index is 12.6. The van der Waals surface area contributed by atoms with Crippen molar-refractivity contribution in [3.8, 4) is 11.4 Å². The SMILES string of the molecule is COC(=O)c1ccccc1-n1cccc1[C@H]1[C@@H](c2ccccn2)NC(=S)N1c1ccc(NS(C)(=O)=O)c(OC)c1. The van der Waals surface area contributed by atoms with E-state index in [0.29, 0.717) is 33.5 Å². The molecule has 2 aromatic carbocycles. The van der Waals surface area contributed by atoms with Crippen molar-refractivity contribution in [3.63, 3.8) is 0 Å². The Morgan fingerprint density at radius 3 is 2.52 bits per heavy atom. The Labute approximate surface area is 237 Å². The Morgan fingerprint density at radius 2 is 1.82 bits per heavy atom. The quantitative estimate of drug-likeness (QED) is 0.235. The van der Waals surface area contributed by atoms with E-state index >= 15 is 0 Å². The monoisotopic (exact) mass is 577 g/mol. The molecule has 2 aromatic heterocycles. The zero-order chi connectivity index (χ0) is 28.4. The van der Waals surface area contributed by atoms with Crippen LogP contribution in [0.1, 0.15) is 33.8 Å². The summed E-state index contributed by atoms with van der Waals surface area (Å²) in [6, 6.07) is 21.1. The van der Waals surface area contributed by atoms with E-state index in [1.165, 1.54) is 14.2 Å². The fraction of sp³-hybridized carbons (Fsp3) is 0.179. The molecular weight excluding hydrogens is 550 g/mol. The van der Waals surface area contributed by atoms with Gasteiger partial charge in [-0.25, -0.2) is 13.2 Å². The van der Waals surface area contributed by atoms with Gasteiger partial charge in [0.05, 0.1) is 49.1 Å². The highest BCUT2D eigenvalue weighted by molar-refractivity contribution is 7.92. The van der Waals surface area contributed by atoms with E-state index in [1.54, 1.807) is 36.5 Å². The molecule has 0 unspecified atom stereocenters. The van der Waals surface area contributed by atoms with Gasteiger partial charge in [-0.15, -0.1) is 0 Å². The number of nitrogens with zero attached hydrogens (tertiary/aromatic N) is 3. The number of benzene rings is 2. The highest BCUT2D eigenvalue weighted by atomic mass is 32.2. The molecule has 1 fully saturated rings. The van der Waals surface area contributed by atoms with Crippen LogP contribution in [0.5, 0.6) is 5.75 Å². The zero-order valence-corrected chi connectivity index (χ0v) is 23.6. The van der Waals surface area contributed by atoms with Crippen LogP contribution < -0.4 is 19.7 Å². The number of rotatable bonds is 8. The molecule has 1 saturated heterocycles. The number of carbonyl (C=O) groups excluding carboxylic acids is 1. The topological polar surface area (TPSA) is 115 Å². The number of hydrogen-bond acceptors (Lipinski definition) is 7. The summed E-state index contributed by atoms with van der Waals surface area (Å²) in [6.45, 7) is 0. The van der Waals surface area contributed by atoms with E-state index in [1.807, 2.05) is 58.1 Å². The summed E-state index contributed by atoms with van der Waals surface area (Å²) in [4.78, 5) is 19.2. The summed E-state index contributed by atoms with van der Waals surface area (Å²) < 4.78 is 38.8. The van der Waals surface area contributed by atoms with E-state index in [2.05, 4.69) is 15.0 Å². The second kappa shape index (κ2) is 11.0. The predicted octanol–water partition coefficient (Wildman–Crippen LogP) is 4.22. The minimum absolute atomic E-state index is 0.306. The number of methoxy groups -OCH3 is 2. The summed E-state index contributed by atoms with van der Waals surface area (Å²) in [6.07, 6.45) is 4.68. The predicted molar refractivity (Wildman–Crippen MR) is 157 cm³/mol. The Kier molecular flexibility index (Phi) is 7.46. The number of ether oxygens (including phenoxy) is 2. The molecule has 2 N–H and O–H groups in total. The van der Waals surface area contributed by atoms with Gasteiger partial charge in [-0.1, -0.05) is 18.2 Å². The minimum atomic E-state index is -3.52. The van der Waals surface area contributed by atoms with Crippen LogP contribution in [-0.2, 0) is 14.8 Å². The van der Waals surface area contributed by atoms with Gasteiger partial charge >= 0.3 is 5.97 Å². The molecule has 0 spiro atoms. The van der Waals surface area contributed by atoms with Crippen molar-refractivity contribution in [3.05, 3.63) is 102 Å². The third kappa shape index (κ3) is 5.23. The lowest BCUT2D eigenvalue weighted by Crippen LogP contribution is -2.30. The molecule has 40 heavy (non-hydrogen) atoms. The van der Waals surface area contributed by atoms with E-state index in [4.69, 9.17) is 21.7 Å². The number of esters is 1. The first kappa shape index (κ1) is 27.2. The highest BCUT2D eigenvalue weighted by Gasteiger charge is 2.42. The molecule has 206 valence electrons. The maximum atomic E-state index is 12.6. The van der Waals surface area contributed by atoms with Gasteiger partial charge in [0.25, 0.3) is 0 Å². The molecule has 12 heteroatoms. The molecule has 0 saturated carbocycles. The zero-order valence-electron chi connectivity index (χ0n) is 21.9. The van der Waals surface area contributed by atoms with Gasteiger partial charge in [0.1, 0.15) is 11.8 Å². The standard InChI is InChI=1S/C28H27N5O5S2/c1-37-24-17-18(13-14-20(24)31-40(3,35)36)33-26(25(30-28(33)39)21-10-6-7-15-29-21)23-12-8-16-32(23)22-11-5-4-9-19(22)27(34)38-2/h4-17,25-26,31H,1-3H3,(H,30,39)/t25-,26+/m1/s1. The smallest absolute Gasteiger partial charge is 0.339 e. The van der Waals surface area contributed by atoms with Crippen LogP contribution in [0.15, 0.2) is 85.2 Å².